The van der Waals surface area contributed by atoms with Crippen LogP contribution >= 0.6 is 0 Å². The second-order valence-electron chi connectivity index (χ2n) is 7.18. The number of aromatic nitrogens is 4. The molecule has 1 aromatic carbocycles. The fourth-order valence-corrected chi connectivity index (χ4v) is 3.59. The second kappa shape index (κ2) is 6.61. The van der Waals surface area contributed by atoms with Gasteiger partial charge < -0.3 is 5.32 Å². The number of benzene rings is 1. The third kappa shape index (κ3) is 3.12. The van der Waals surface area contributed by atoms with Crippen molar-refractivity contribution < 1.29 is 4.79 Å². The van der Waals surface area contributed by atoms with Gasteiger partial charge in [-0.1, -0.05) is 12.1 Å². The van der Waals surface area contributed by atoms with Crippen LogP contribution in [0.4, 0.5) is 11.5 Å². The zero-order valence-corrected chi connectivity index (χ0v) is 16.1. The fourth-order valence-electron chi connectivity index (χ4n) is 3.59. The summed E-state index contributed by atoms with van der Waals surface area (Å²) in [4.78, 5) is 21.8. The van der Waals surface area contributed by atoms with Crippen molar-refractivity contribution in [3.8, 4) is 5.95 Å². The van der Waals surface area contributed by atoms with Gasteiger partial charge in [0, 0.05) is 23.5 Å². The highest BCUT2D eigenvalue weighted by atomic mass is 16.1. The summed E-state index contributed by atoms with van der Waals surface area (Å²) in [6.45, 7) is 8.02. The summed E-state index contributed by atoms with van der Waals surface area (Å²) in [7, 11) is 0. The Hall–Kier alpha value is -3.02. The summed E-state index contributed by atoms with van der Waals surface area (Å²) in [6.07, 6.45) is 2.16. The molecule has 0 bridgehead atoms. The van der Waals surface area contributed by atoms with Crippen LogP contribution in [0.2, 0.25) is 0 Å². The Morgan fingerprint density at radius 3 is 2.52 bits per heavy atom. The lowest BCUT2D eigenvalue weighted by Crippen LogP contribution is -2.15. The number of fused-ring (bicyclic) bond motifs is 1. The molecule has 27 heavy (non-hydrogen) atoms. The molecule has 1 aliphatic rings. The molecule has 0 atom stereocenters. The second-order valence-corrected chi connectivity index (χ2v) is 7.18. The molecule has 2 aromatic heterocycles. The van der Waals surface area contributed by atoms with E-state index in [0.717, 1.165) is 41.2 Å². The lowest BCUT2D eigenvalue weighted by Gasteiger charge is -2.14. The third-order valence-electron chi connectivity index (χ3n) is 5.09. The van der Waals surface area contributed by atoms with Crippen LogP contribution in [0.1, 0.15) is 51.4 Å². The standard InChI is InChI=1S/C21H23N5O/c1-12-7-5-8-16(15(12)4)24-20-19-17(9-6-10-18(19)27)26(25-20)21-22-13(2)11-14(3)23-21/h5,7-8,11H,6,9-10H2,1-4H3,(H,24,25). The van der Waals surface area contributed by atoms with Gasteiger partial charge >= 0.3 is 0 Å². The predicted molar refractivity (Wildman–Crippen MR) is 105 cm³/mol. The average Bonchev–Trinajstić information content (AvgIpc) is 2.98. The summed E-state index contributed by atoms with van der Waals surface area (Å²) in [5.74, 6) is 1.23. The van der Waals surface area contributed by atoms with E-state index in [-0.39, 0.29) is 5.78 Å². The van der Waals surface area contributed by atoms with Crippen LogP contribution in [0.15, 0.2) is 24.3 Å². The molecule has 1 N–H and O–H groups in total. The van der Waals surface area contributed by atoms with Crippen LogP contribution in [-0.2, 0) is 6.42 Å². The minimum atomic E-state index is 0.125. The maximum atomic E-state index is 12.7. The number of Topliss-reactive ketones (excluding diaryl/α,β-unsaturated/α-hetero) is 1. The monoisotopic (exact) mass is 361 g/mol. The lowest BCUT2D eigenvalue weighted by atomic mass is 9.95. The van der Waals surface area contributed by atoms with Gasteiger partial charge in [0.2, 0.25) is 0 Å². The maximum absolute atomic E-state index is 12.7. The number of carbonyl (C=O) groups excluding carboxylic acids is 1. The summed E-state index contributed by atoms with van der Waals surface area (Å²) in [6, 6.07) is 8.01. The molecule has 138 valence electrons. The van der Waals surface area contributed by atoms with Crippen LogP contribution < -0.4 is 5.32 Å². The largest absolute Gasteiger partial charge is 0.338 e. The van der Waals surface area contributed by atoms with Gasteiger partial charge in [-0.15, -0.1) is 5.10 Å². The molecule has 1 aliphatic carbocycles. The van der Waals surface area contributed by atoms with Crippen molar-refractivity contribution in [1.82, 2.24) is 19.7 Å². The van der Waals surface area contributed by atoms with Crippen LogP contribution in [0, 0.1) is 27.7 Å². The van der Waals surface area contributed by atoms with Crippen molar-refractivity contribution in [2.45, 2.75) is 47.0 Å². The highest BCUT2D eigenvalue weighted by Crippen LogP contribution is 2.32. The number of rotatable bonds is 3. The highest BCUT2D eigenvalue weighted by Gasteiger charge is 2.29. The van der Waals surface area contributed by atoms with Crippen molar-refractivity contribution in [2.75, 3.05) is 5.32 Å². The Kier molecular flexibility index (Phi) is 4.26. The Morgan fingerprint density at radius 2 is 1.78 bits per heavy atom. The highest BCUT2D eigenvalue weighted by molar-refractivity contribution is 6.03. The molecule has 0 amide bonds. The number of nitrogens with one attached hydrogen (secondary N) is 1. The van der Waals surface area contributed by atoms with E-state index in [4.69, 9.17) is 5.10 Å². The van der Waals surface area contributed by atoms with Gasteiger partial charge in [-0.3, -0.25) is 4.79 Å². The number of ketones is 1. The fraction of sp³-hybridized carbons (Fsp3) is 0.333. The van der Waals surface area contributed by atoms with Gasteiger partial charge in [0.25, 0.3) is 5.95 Å². The van der Waals surface area contributed by atoms with Gasteiger partial charge in [0.15, 0.2) is 11.6 Å². The van der Waals surface area contributed by atoms with E-state index >= 15 is 0 Å². The zero-order valence-electron chi connectivity index (χ0n) is 16.1. The maximum Gasteiger partial charge on any atom is 0.251 e. The molecule has 0 saturated carbocycles. The summed E-state index contributed by atoms with van der Waals surface area (Å²) in [5, 5.41) is 8.10. The van der Waals surface area contributed by atoms with Crippen LogP contribution in [0.3, 0.4) is 0 Å². The summed E-state index contributed by atoms with van der Waals surface area (Å²) in [5.41, 5.74) is 6.63. The number of hydrogen-bond acceptors (Lipinski definition) is 5. The number of carbonyl (C=O) groups is 1. The molecule has 6 nitrogen and oxygen atoms in total. The minimum Gasteiger partial charge on any atom is -0.338 e. The quantitative estimate of drug-likeness (QED) is 0.758. The first-order chi connectivity index (χ1) is 12.9. The molecule has 0 spiro atoms. The van der Waals surface area contributed by atoms with E-state index in [1.165, 1.54) is 5.56 Å². The Bertz CT molecular complexity index is 1030. The molecule has 4 rings (SSSR count). The lowest BCUT2D eigenvalue weighted by molar-refractivity contribution is 0.0973. The van der Waals surface area contributed by atoms with E-state index in [1.807, 2.05) is 32.0 Å². The van der Waals surface area contributed by atoms with Crippen molar-refractivity contribution in [3.63, 3.8) is 0 Å². The number of aryl methyl sites for hydroxylation is 3. The Labute approximate surface area is 158 Å². The normalized spacial score (nSPS) is 13.6. The molecule has 0 aliphatic heterocycles. The Balaban J connectivity index is 1.86. The molecule has 3 aromatic rings. The molecule has 0 unspecified atom stereocenters. The van der Waals surface area contributed by atoms with Crippen molar-refractivity contribution in [1.29, 1.82) is 0 Å². The topological polar surface area (TPSA) is 72.7 Å². The molecule has 6 heteroatoms. The van der Waals surface area contributed by atoms with Gasteiger partial charge in [-0.05, 0) is 63.8 Å². The molecule has 2 heterocycles. The van der Waals surface area contributed by atoms with E-state index in [1.54, 1.807) is 4.68 Å². The van der Waals surface area contributed by atoms with Crippen LogP contribution in [0.5, 0.6) is 0 Å². The SMILES string of the molecule is Cc1cc(C)nc(-n2nc(Nc3cccc(C)c3C)c3c2CCCC3=O)n1. The number of hydrogen-bond donors (Lipinski definition) is 1. The number of nitrogens with zero attached hydrogens (tertiary/aromatic N) is 4. The van der Waals surface area contributed by atoms with Crippen molar-refractivity contribution in [3.05, 3.63) is 58.0 Å². The third-order valence-corrected chi connectivity index (χ3v) is 5.09. The van der Waals surface area contributed by atoms with Crippen molar-refractivity contribution >= 4 is 17.3 Å². The first-order valence-corrected chi connectivity index (χ1v) is 9.25. The van der Waals surface area contributed by atoms with E-state index in [2.05, 4.69) is 35.2 Å². The van der Waals surface area contributed by atoms with Gasteiger partial charge in [-0.2, -0.15) is 0 Å². The molecule has 0 saturated heterocycles. The van der Waals surface area contributed by atoms with E-state index in [9.17, 15) is 4.79 Å². The zero-order chi connectivity index (χ0) is 19.1. The van der Waals surface area contributed by atoms with E-state index in [0.29, 0.717) is 23.8 Å². The molecular formula is C21H23N5O. The summed E-state index contributed by atoms with van der Waals surface area (Å²) >= 11 is 0. The smallest absolute Gasteiger partial charge is 0.251 e. The summed E-state index contributed by atoms with van der Waals surface area (Å²) < 4.78 is 1.74. The van der Waals surface area contributed by atoms with Crippen molar-refractivity contribution in [2.24, 2.45) is 0 Å². The van der Waals surface area contributed by atoms with Crippen LogP contribution in [0.25, 0.3) is 5.95 Å². The minimum absolute atomic E-state index is 0.125. The van der Waals surface area contributed by atoms with Crippen LogP contribution in [-0.4, -0.2) is 25.5 Å². The van der Waals surface area contributed by atoms with E-state index < -0.39 is 0 Å². The van der Waals surface area contributed by atoms with Gasteiger partial charge in [0.05, 0.1) is 11.3 Å². The predicted octanol–water partition coefficient (Wildman–Crippen LogP) is 4.16. The van der Waals surface area contributed by atoms with Gasteiger partial charge in [0.1, 0.15) is 0 Å². The first kappa shape index (κ1) is 17.4. The Morgan fingerprint density at radius 1 is 1.04 bits per heavy atom. The first-order valence-electron chi connectivity index (χ1n) is 9.25. The number of anilines is 2. The molecule has 0 radical (unpaired) electrons. The molecule has 0 fully saturated rings. The average molecular weight is 361 g/mol. The molecular weight excluding hydrogens is 338 g/mol. The van der Waals surface area contributed by atoms with Gasteiger partial charge in [-0.25, -0.2) is 14.6 Å².